The van der Waals surface area contributed by atoms with E-state index in [1.54, 1.807) is 12.4 Å². The predicted molar refractivity (Wildman–Crippen MR) is 131 cm³/mol. The van der Waals surface area contributed by atoms with Crippen molar-refractivity contribution in [1.29, 1.82) is 0 Å². The fraction of sp³-hybridized carbons (Fsp3) is 0.300. The lowest BCUT2D eigenvalue weighted by molar-refractivity contribution is -0.393. The summed E-state index contributed by atoms with van der Waals surface area (Å²) in [7, 11) is 0. The number of rotatable bonds is 15. The van der Waals surface area contributed by atoms with Crippen LogP contribution in [-0.4, -0.2) is 32.1 Å². The van der Waals surface area contributed by atoms with E-state index >= 15 is 0 Å². The Hall–Kier alpha value is -5.02. The molecule has 0 atom stereocenters. The molecule has 0 bridgehead atoms. The van der Waals surface area contributed by atoms with Crippen LogP contribution in [0.2, 0.25) is 0 Å². The molecule has 0 radical (unpaired) electrons. The fourth-order valence-electron chi connectivity index (χ4n) is 2.94. The van der Waals surface area contributed by atoms with Crippen molar-refractivity contribution in [3.63, 3.8) is 0 Å². The second-order valence-electron chi connectivity index (χ2n) is 7.27. The van der Waals surface area contributed by atoms with Crippen LogP contribution in [0.3, 0.4) is 0 Å². The molecule has 0 aliphatic heterocycles. The van der Waals surface area contributed by atoms with Gasteiger partial charge >= 0.3 is 11.4 Å². The molecule has 0 spiro atoms. The maximum Gasteiger partial charge on any atom is 0.301 e. The Morgan fingerprint density at radius 3 is 1.33 bits per heavy atom. The van der Waals surface area contributed by atoms with Crippen LogP contribution in [0.4, 0.5) is 34.1 Å². The van der Waals surface area contributed by atoms with Crippen molar-refractivity contribution >= 4 is 46.6 Å². The molecule has 0 aliphatic rings. The van der Waals surface area contributed by atoms with E-state index in [-0.39, 0.29) is 22.7 Å². The van der Waals surface area contributed by atoms with Crippen LogP contribution < -0.4 is 10.9 Å². The molecule has 0 fully saturated rings. The number of unbranched alkanes of at least 4 members (excludes halogenated alkanes) is 5. The van der Waals surface area contributed by atoms with E-state index in [0.717, 1.165) is 49.9 Å². The van der Waals surface area contributed by atoms with Gasteiger partial charge < -0.3 is 0 Å². The van der Waals surface area contributed by atoms with Gasteiger partial charge in [-0.1, -0.05) is 12.8 Å². The van der Waals surface area contributed by atoms with E-state index in [2.05, 4.69) is 21.1 Å². The van der Waals surface area contributed by atoms with Gasteiger partial charge in [0.25, 0.3) is 11.4 Å². The molecule has 0 saturated carbocycles. The first-order valence-corrected chi connectivity index (χ1v) is 10.6. The van der Waals surface area contributed by atoms with Crippen molar-refractivity contribution in [3.8, 4) is 0 Å². The molecule has 2 rings (SSSR count). The molecule has 0 aromatic heterocycles. The number of nitro benzene ring substituents is 4. The Kier molecular flexibility index (Phi) is 10.3. The zero-order valence-corrected chi connectivity index (χ0v) is 18.8. The monoisotopic (exact) mass is 502 g/mol. The highest BCUT2D eigenvalue weighted by atomic mass is 16.6. The van der Waals surface area contributed by atoms with E-state index in [0.29, 0.717) is 12.8 Å². The molecule has 0 unspecified atom stereocenters. The van der Waals surface area contributed by atoms with Gasteiger partial charge in [-0.25, -0.2) is 0 Å². The highest BCUT2D eigenvalue weighted by Crippen LogP contribution is 2.29. The van der Waals surface area contributed by atoms with Gasteiger partial charge in [-0.2, -0.15) is 10.2 Å². The standard InChI is InChI=1S/C20H22N8O8/c29-25(30)15-7-9-17(19(13-15)27(33)34)23-21-11-5-3-1-2-4-6-12-22-24-18-10-8-16(26(31)32)14-20(18)28(35)36/h7-14,23-24H,1-6H2/b21-11+,22-12+. The summed E-state index contributed by atoms with van der Waals surface area (Å²) in [5.41, 5.74) is 3.49. The SMILES string of the molecule is O=[N+]([O-])c1ccc(N/N=C/CCCCCC/C=N/Nc2ccc([N+](=O)[O-])cc2[N+](=O)[O-])c([N+](=O)[O-])c1. The third-order valence-corrected chi connectivity index (χ3v) is 4.75. The molecule has 190 valence electrons. The zero-order chi connectivity index (χ0) is 26.5. The van der Waals surface area contributed by atoms with Gasteiger partial charge in [0.15, 0.2) is 0 Å². The molecular formula is C20H22N8O8. The van der Waals surface area contributed by atoms with Crippen LogP contribution >= 0.6 is 0 Å². The average Bonchev–Trinajstić information content (AvgIpc) is 2.84. The minimum Gasteiger partial charge on any atom is -0.272 e. The van der Waals surface area contributed by atoms with Gasteiger partial charge in [0.1, 0.15) is 11.4 Å². The average molecular weight is 502 g/mol. The Labute approximate surface area is 203 Å². The van der Waals surface area contributed by atoms with Crippen molar-refractivity contribution in [2.24, 2.45) is 10.2 Å². The molecule has 2 aromatic carbocycles. The number of anilines is 2. The van der Waals surface area contributed by atoms with Crippen molar-refractivity contribution in [2.45, 2.75) is 38.5 Å². The Morgan fingerprint density at radius 2 is 1.00 bits per heavy atom. The van der Waals surface area contributed by atoms with Gasteiger partial charge in [-0.3, -0.25) is 51.3 Å². The number of hydrogen-bond donors (Lipinski definition) is 2. The third kappa shape index (κ3) is 8.40. The first-order valence-electron chi connectivity index (χ1n) is 10.6. The first-order chi connectivity index (χ1) is 17.2. The number of hydrazone groups is 2. The second kappa shape index (κ2) is 13.6. The molecular weight excluding hydrogens is 480 g/mol. The number of nitro groups is 4. The fourth-order valence-corrected chi connectivity index (χ4v) is 2.94. The lowest BCUT2D eigenvalue weighted by Crippen LogP contribution is -1.98. The number of nitrogens with zero attached hydrogens (tertiary/aromatic N) is 6. The Balaban J connectivity index is 1.66. The van der Waals surface area contributed by atoms with Gasteiger partial charge in [-0.05, 0) is 37.8 Å². The quantitative estimate of drug-likeness (QED) is 0.141. The van der Waals surface area contributed by atoms with Crippen molar-refractivity contribution in [1.82, 2.24) is 0 Å². The minimum absolute atomic E-state index is 0.0498. The normalized spacial score (nSPS) is 11.0. The summed E-state index contributed by atoms with van der Waals surface area (Å²) >= 11 is 0. The third-order valence-electron chi connectivity index (χ3n) is 4.75. The number of non-ortho nitro benzene ring substituents is 2. The van der Waals surface area contributed by atoms with Crippen molar-refractivity contribution in [2.75, 3.05) is 10.9 Å². The molecule has 0 heterocycles. The van der Waals surface area contributed by atoms with Gasteiger partial charge in [0.2, 0.25) is 0 Å². The van der Waals surface area contributed by atoms with E-state index in [1.165, 1.54) is 12.1 Å². The molecule has 36 heavy (non-hydrogen) atoms. The summed E-state index contributed by atoms with van der Waals surface area (Å²) < 4.78 is 0. The summed E-state index contributed by atoms with van der Waals surface area (Å²) in [6.07, 6.45) is 7.77. The van der Waals surface area contributed by atoms with Gasteiger partial charge in [-0.15, -0.1) is 0 Å². The molecule has 16 heteroatoms. The summed E-state index contributed by atoms with van der Waals surface area (Å²) in [5, 5.41) is 51.5. The molecule has 0 aliphatic carbocycles. The summed E-state index contributed by atoms with van der Waals surface area (Å²) in [6.45, 7) is 0. The predicted octanol–water partition coefficient (Wildman–Crippen LogP) is 5.16. The maximum atomic E-state index is 11.1. The largest absolute Gasteiger partial charge is 0.301 e. The highest BCUT2D eigenvalue weighted by molar-refractivity contribution is 5.68. The highest BCUT2D eigenvalue weighted by Gasteiger charge is 2.20. The van der Waals surface area contributed by atoms with Crippen LogP contribution in [-0.2, 0) is 0 Å². The molecule has 0 amide bonds. The summed E-state index contributed by atoms with van der Waals surface area (Å²) in [6, 6.07) is 6.48. The van der Waals surface area contributed by atoms with E-state index in [9.17, 15) is 40.5 Å². The molecule has 2 N–H and O–H groups in total. The van der Waals surface area contributed by atoms with E-state index < -0.39 is 31.1 Å². The van der Waals surface area contributed by atoms with Crippen molar-refractivity contribution < 1.29 is 19.7 Å². The maximum absolute atomic E-state index is 11.1. The number of nitrogens with one attached hydrogen (secondary N) is 2. The van der Waals surface area contributed by atoms with Crippen LogP contribution in [0.15, 0.2) is 46.6 Å². The Bertz CT molecular complexity index is 1090. The first kappa shape index (κ1) is 27.2. The van der Waals surface area contributed by atoms with Crippen LogP contribution in [0, 0.1) is 40.5 Å². The number of benzene rings is 2. The molecule has 16 nitrogen and oxygen atoms in total. The zero-order valence-electron chi connectivity index (χ0n) is 18.8. The van der Waals surface area contributed by atoms with Crippen molar-refractivity contribution in [3.05, 3.63) is 76.9 Å². The van der Waals surface area contributed by atoms with Crippen LogP contribution in [0.5, 0.6) is 0 Å². The van der Waals surface area contributed by atoms with Gasteiger partial charge in [0.05, 0.1) is 31.8 Å². The summed E-state index contributed by atoms with van der Waals surface area (Å²) in [4.78, 5) is 40.8. The smallest absolute Gasteiger partial charge is 0.272 e. The second-order valence-corrected chi connectivity index (χ2v) is 7.27. The van der Waals surface area contributed by atoms with E-state index in [1.807, 2.05) is 0 Å². The van der Waals surface area contributed by atoms with E-state index in [4.69, 9.17) is 0 Å². The summed E-state index contributed by atoms with van der Waals surface area (Å²) in [5.74, 6) is 0. The minimum atomic E-state index is -0.725. The lowest BCUT2D eigenvalue weighted by atomic mass is 10.1. The van der Waals surface area contributed by atoms with Crippen LogP contribution in [0.25, 0.3) is 0 Å². The topological polar surface area (TPSA) is 221 Å². The Morgan fingerprint density at radius 1 is 0.611 bits per heavy atom. The number of hydrogen-bond acceptors (Lipinski definition) is 12. The lowest BCUT2D eigenvalue weighted by Gasteiger charge is -2.02. The molecule has 0 saturated heterocycles. The van der Waals surface area contributed by atoms with Crippen LogP contribution in [0.1, 0.15) is 38.5 Å². The van der Waals surface area contributed by atoms with Gasteiger partial charge in [0, 0.05) is 24.6 Å². The molecule has 2 aromatic rings.